The number of ether oxygens (including phenoxy) is 1. The fourth-order valence-corrected chi connectivity index (χ4v) is 4.97. The second-order valence-corrected chi connectivity index (χ2v) is 10.1. The van der Waals surface area contributed by atoms with Crippen LogP contribution in [0.3, 0.4) is 0 Å². The molecule has 1 aliphatic rings. The Morgan fingerprint density at radius 2 is 1.63 bits per heavy atom. The average molecular weight is 476 g/mol. The average Bonchev–Trinajstić information content (AvgIpc) is 3.18. The van der Waals surface area contributed by atoms with E-state index in [1.54, 1.807) is 13.1 Å². The molecule has 1 aliphatic heterocycles. The van der Waals surface area contributed by atoms with E-state index in [0.29, 0.717) is 35.3 Å². The van der Waals surface area contributed by atoms with Crippen LogP contribution in [0.5, 0.6) is 11.5 Å². The first-order chi connectivity index (χ1) is 16.5. The Hall–Kier alpha value is -3.78. The van der Waals surface area contributed by atoms with Crippen LogP contribution in [0.15, 0.2) is 52.1 Å². The van der Waals surface area contributed by atoms with Gasteiger partial charge in [-0.2, -0.15) is 0 Å². The molecule has 0 aliphatic carbocycles. The van der Waals surface area contributed by atoms with Crippen LogP contribution in [0.2, 0.25) is 0 Å². The van der Waals surface area contributed by atoms with E-state index in [9.17, 15) is 19.8 Å². The number of rotatable bonds is 2. The van der Waals surface area contributed by atoms with Gasteiger partial charge in [0.2, 0.25) is 0 Å². The summed E-state index contributed by atoms with van der Waals surface area (Å²) in [6.45, 7) is 7.32. The van der Waals surface area contributed by atoms with Crippen LogP contribution in [0.25, 0.3) is 22.2 Å². The van der Waals surface area contributed by atoms with Gasteiger partial charge >= 0.3 is 5.69 Å². The molecule has 0 saturated heterocycles. The van der Waals surface area contributed by atoms with Gasteiger partial charge in [0, 0.05) is 20.6 Å². The first-order valence-corrected chi connectivity index (χ1v) is 11.6. The summed E-state index contributed by atoms with van der Waals surface area (Å²) in [4.78, 5) is 26.4. The normalized spacial score (nSPS) is 16.0. The molecule has 0 bridgehead atoms. The second kappa shape index (κ2) is 7.88. The Kier molecular flexibility index (Phi) is 5.18. The molecule has 8 heteroatoms. The maximum atomic E-state index is 13.5. The lowest BCUT2D eigenvalue weighted by Gasteiger charge is -2.28. The Morgan fingerprint density at radius 1 is 0.943 bits per heavy atom. The van der Waals surface area contributed by atoms with Gasteiger partial charge in [0.25, 0.3) is 5.56 Å². The van der Waals surface area contributed by atoms with E-state index in [1.165, 1.54) is 29.3 Å². The Morgan fingerprint density at radius 3 is 2.26 bits per heavy atom. The number of fused-ring (bicyclic) bond motifs is 3. The summed E-state index contributed by atoms with van der Waals surface area (Å²) in [7, 11) is 3.14. The Bertz CT molecular complexity index is 1580. The third-order valence-corrected chi connectivity index (χ3v) is 6.88. The molecule has 3 heterocycles. The van der Waals surface area contributed by atoms with E-state index < -0.39 is 11.8 Å². The molecule has 8 nitrogen and oxygen atoms in total. The van der Waals surface area contributed by atoms with E-state index >= 15 is 0 Å². The molecule has 35 heavy (non-hydrogen) atoms. The molecular weight excluding hydrogens is 446 g/mol. The van der Waals surface area contributed by atoms with E-state index in [-0.39, 0.29) is 22.5 Å². The predicted octanol–water partition coefficient (Wildman–Crippen LogP) is 3.53. The SMILES string of the molecule is Cn1c(=O)c2c(-c3ccc(C(C)(C)C)cc3)n3c(c2n(C)c1=O)C(c1ccc(O)c(O)c1)OCC3. The zero-order chi connectivity index (χ0) is 25.2. The standard InChI is InChI=1S/C27H29N3O5/c1-27(2,3)17-9-6-15(7-10-17)21-20-22(28(4)26(34)29(5)25(20)33)23-24(35-13-12-30(21)23)16-8-11-18(31)19(32)14-16/h6-11,14,24,31-32H,12-13H2,1-5H3. The fourth-order valence-electron chi connectivity index (χ4n) is 4.97. The molecule has 2 N–H and O–H groups in total. The van der Waals surface area contributed by atoms with Crippen molar-refractivity contribution in [3.63, 3.8) is 0 Å². The molecule has 1 unspecified atom stereocenters. The van der Waals surface area contributed by atoms with Crippen molar-refractivity contribution in [1.82, 2.24) is 13.7 Å². The van der Waals surface area contributed by atoms with Crippen molar-refractivity contribution in [1.29, 1.82) is 0 Å². The Labute approximate surface area is 202 Å². The molecule has 1 atom stereocenters. The summed E-state index contributed by atoms with van der Waals surface area (Å²) in [6.07, 6.45) is -0.641. The third-order valence-electron chi connectivity index (χ3n) is 6.88. The molecule has 0 fully saturated rings. The number of benzene rings is 2. The van der Waals surface area contributed by atoms with Crippen molar-refractivity contribution in [3.8, 4) is 22.8 Å². The zero-order valence-corrected chi connectivity index (χ0v) is 20.5. The van der Waals surface area contributed by atoms with Gasteiger partial charge in [-0.25, -0.2) is 4.79 Å². The van der Waals surface area contributed by atoms with E-state index in [2.05, 4.69) is 37.5 Å². The molecule has 0 amide bonds. The van der Waals surface area contributed by atoms with Gasteiger partial charge in [-0.05, 0) is 34.2 Å². The number of aromatic nitrogens is 3. The van der Waals surface area contributed by atoms with E-state index in [0.717, 1.165) is 15.8 Å². The fraction of sp³-hybridized carbons (Fsp3) is 0.333. The van der Waals surface area contributed by atoms with Crippen molar-refractivity contribution >= 4 is 10.9 Å². The molecule has 0 radical (unpaired) electrons. The summed E-state index contributed by atoms with van der Waals surface area (Å²) in [5.41, 5.74) is 3.77. The maximum absolute atomic E-state index is 13.5. The number of hydrogen-bond acceptors (Lipinski definition) is 5. The minimum absolute atomic E-state index is 0.0149. The third kappa shape index (κ3) is 3.47. The summed E-state index contributed by atoms with van der Waals surface area (Å²) in [5, 5.41) is 20.4. The molecule has 182 valence electrons. The van der Waals surface area contributed by atoms with Crippen LogP contribution < -0.4 is 11.2 Å². The van der Waals surface area contributed by atoms with Crippen LogP contribution in [-0.4, -0.2) is 30.5 Å². The number of hydrogen-bond donors (Lipinski definition) is 2. The number of nitrogens with zero attached hydrogens (tertiary/aromatic N) is 3. The maximum Gasteiger partial charge on any atom is 0.331 e. The molecule has 0 spiro atoms. The molecular formula is C27H29N3O5. The van der Waals surface area contributed by atoms with Gasteiger partial charge < -0.3 is 19.5 Å². The van der Waals surface area contributed by atoms with Crippen molar-refractivity contribution in [2.45, 2.75) is 38.8 Å². The van der Waals surface area contributed by atoms with Crippen molar-refractivity contribution < 1.29 is 14.9 Å². The molecule has 2 aromatic heterocycles. The molecule has 4 aromatic rings. The predicted molar refractivity (Wildman–Crippen MR) is 134 cm³/mol. The number of aromatic hydroxyl groups is 2. The lowest BCUT2D eigenvalue weighted by Crippen LogP contribution is -2.37. The van der Waals surface area contributed by atoms with Gasteiger partial charge in [-0.15, -0.1) is 0 Å². The van der Waals surface area contributed by atoms with Crippen LogP contribution in [0.1, 0.15) is 43.7 Å². The van der Waals surface area contributed by atoms with Crippen LogP contribution in [0, 0.1) is 0 Å². The van der Waals surface area contributed by atoms with Gasteiger partial charge in [-0.3, -0.25) is 13.9 Å². The number of phenols is 2. The molecule has 0 saturated carbocycles. The number of aryl methyl sites for hydroxylation is 1. The Balaban J connectivity index is 1.87. The summed E-state index contributed by atoms with van der Waals surface area (Å²) in [6, 6.07) is 12.7. The minimum Gasteiger partial charge on any atom is -0.504 e. The van der Waals surface area contributed by atoms with Crippen LogP contribution >= 0.6 is 0 Å². The lowest BCUT2D eigenvalue weighted by atomic mass is 9.86. The van der Waals surface area contributed by atoms with Crippen molar-refractivity contribution in [3.05, 3.63) is 80.1 Å². The topological polar surface area (TPSA) is 98.6 Å². The highest BCUT2D eigenvalue weighted by Gasteiger charge is 2.33. The highest BCUT2D eigenvalue weighted by molar-refractivity contribution is 5.96. The smallest absolute Gasteiger partial charge is 0.331 e. The molecule has 5 rings (SSSR count). The quantitative estimate of drug-likeness (QED) is 0.432. The first-order valence-electron chi connectivity index (χ1n) is 11.6. The van der Waals surface area contributed by atoms with Gasteiger partial charge in [0.1, 0.15) is 6.10 Å². The highest BCUT2D eigenvalue weighted by atomic mass is 16.5. The van der Waals surface area contributed by atoms with Gasteiger partial charge in [0.15, 0.2) is 11.5 Å². The largest absolute Gasteiger partial charge is 0.504 e. The monoisotopic (exact) mass is 475 g/mol. The summed E-state index contributed by atoms with van der Waals surface area (Å²) < 4.78 is 10.8. The van der Waals surface area contributed by atoms with E-state index in [1.807, 2.05) is 12.1 Å². The van der Waals surface area contributed by atoms with Crippen molar-refractivity contribution in [2.75, 3.05) is 6.61 Å². The minimum atomic E-state index is -0.641. The van der Waals surface area contributed by atoms with E-state index in [4.69, 9.17) is 4.74 Å². The number of phenolic OH excluding ortho intramolecular Hbond substituents is 2. The summed E-state index contributed by atoms with van der Waals surface area (Å²) in [5.74, 6) is -0.493. The first kappa shape index (κ1) is 23.0. The second-order valence-electron chi connectivity index (χ2n) is 10.1. The molecule has 2 aromatic carbocycles. The van der Waals surface area contributed by atoms with Gasteiger partial charge in [0.05, 0.1) is 28.9 Å². The summed E-state index contributed by atoms with van der Waals surface area (Å²) >= 11 is 0. The lowest BCUT2D eigenvalue weighted by molar-refractivity contribution is 0.0477. The van der Waals surface area contributed by atoms with Crippen LogP contribution in [-0.2, 0) is 30.8 Å². The van der Waals surface area contributed by atoms with Crippen LogP contribution in [0.4, 0.5) is 0 Å². The van der Waals surface area contributed by atoms with Crippen molar-refractivity contribution in [2.24, 2.45) is 14.1 Å². The zero-order valence-electron chi connectivity index (χ0n) is 20.5. The van der Waals surface area contributed by atoms with Gasteiger partial charge in [-0.1, -0.05) is 51.1 Å². The highest BCUT2D eigenvalue weighted by Crippen LogP contribution is 2.42.